The summed E-state index contributed by atoms with van der Waals surface area (Å²) in [6, 6.07) is 2.61. The van der Waals surface area contributed by atoms with E-state index >= 15 is 0 Å². The zero-order chi connectivity index (χ0) is 10.3. The minimum Gasteiger partial charge on any atom is -0.381 e. The number of hydrogen-bond acceptors (Lipinski definition) is 2. The number of nitrogens with zero attached hydrogens (tertiary/aromatic N) is 1. The lowest BCUT2D eigenvalue weighted by molar-refractivity contribution is 0.440. The van der Waals surface area contributed by atoms with Crippen LogP contribution in [0.3, 0.4) is 0 Å². The van der Waals surface area contributed by atoms with Gasteiger partial charge in [-0.3, -0.25) is 4.98 Å². The Bertz CT molecular complexity index is 366. The molecule has 0 spiro atoms. The van der Waals surface area contributed by atoms with Crippen molar-refractivity contribution < 1.29 is 0 Å². The largest absolute Gasteiger partial charge is 0.381 e. The number of aromatic nitrogens is 1. The highest BCUT2D eigenvalue weighted by atomic mass is 35.5. The summed E-state index contributed by atoms with van der Waals surface area (Å²) < 4.78 is 0. The number of anilines is 1. The van der Waals surface area contributed by atoms with Crippen molar-refractivity contribution in [2.75, 3.05) is 5.32 Å². The fraction of sp³-hybridized carbons (Fsp3) is 0.583. The van der Waals surface area contributed by atoms with Gasteiger partial charge in [0.25, 0.3) is 0 Å². The van der Waals surface area contributed by atoms with Crippen LogP contribution in [0.25, 0.3) is 0 Å². The first kappa shape index (κ1) is 9.46. The predicted molar refractivity (Wildman–Crippen MR) is 62.1 cm³/mol. The highest BCUT2D eigenvalue weighted by Gasteiger charge is 2.39. The van der Waals surface area contributed by atoms with Crippen molar-refractivity contribution in [1.82, 2.24) is 4.98 Å². The maximum Gasteiger partial charge on any atom is 0.0820 e. The fourth-order valence-corrected chi connectivity index (χ4v) is 3.29. The van der Waals surface area contributed by atoms with Gasteiger partial charge in [-0.05, 0) is 37.2 Å². The van der Waals surface area contributed by atoms with E-state index in [1.165, 1.54) is 25.7 Å². The summed E-state index contributed by atoms with van der Waals surface area (Å²) in [7, 11) is 0. The van der Waals surface area contributed by atoms with Gasteiger partial charge in [-0.15, -0.1) is 0 Å². The van der Waals surface area contributed by atoms with E-state index in [9.17, 15) is 0 Å². The van der Waals surface area contributed by atoms with Gasteiger partial charge in [-0.25, -0.2) is 0 Å². The molecule has 0 amide bonds. The van der Waals surface area contributed by atoms with Gasteiger partial charge >= 0.3 is 0 Å². The van der Waals surface area contributed by atoms with Crippen LogP contribution in [0.1, 0.15) is 25.7 Å². The van der Waals surface area contributed by atoms with Gasteiger partial charge < -0.3 is 5.32 Å². The van der Waals surface area contributed by atoms with Crippen LogP contribution in [0.15, 0.2) is 18.5 Å². The number of pyridine rings is 1. The van der Waals surface area contributed by atoms with E-state index < -0.39 is 0 Å². The maximum absolute atomic E-state index is 6.08. The molecule has 0 saturated heterocycles. The third-order valence-corrected chi connectivity index (χ3v) is 4.15. The molecule has 0 aromatic carbocycles. The van der Waals surface area contributed by atoms with Gasteiger partial charge in [0.1, 0.15) is 0 Å². The predicted octanol–water partition coefficient (Wildman–Crippen LogP) is 3.34. The lowest BCUT2D eigenvalue weighted by Gasteiger charge is -2.24. The molecule has 2 aliphatic carbocycles. The van der Waals surface area contributed by atoms with Gasteiger partial charge in [0, 0.05) is 18.4 Å². The first-order valence-electron chi connectivity index (χ1n) is 5.69. The second-order valence-electron chi connectivity index (χ2n) is 4.78. The van der Waals surface area contributed by atoms with Gasteiger partial charge in [0.05, 0.1) is 10.7 Å². The Labute approximate surface area is 95.0 Å². The first-order chi connectivity index (χ1) is 7.33. The van der Waals surface area contributed by atoms with Gasteiger partial charge in [0.15, 0.2) is 0 Å². The fourth-order valence-electron chi connectivity index (χ4n) is 3.11. The van der Waals surface area contributed by atoms with Crippen LogP contribution in [0.4, 0.5) is 5.69 Å². The summed E-state index contributed by atoms with van der Waals surface area (Å²) in [6.07, 6.45) is 9.07. The SMILES string of the molecule is Clc1cnccc1NC1CC2CCC1C2. The third-order valence-electron chi connectivity index (χ3n) is 3.85. The Kier molecular flexibility index (Phi) is 2.32. The molecule has 3 unspecified atom stereocenters. The highest BCUT2D eigenvalue weighted by molar-refractivity contribution is 6.33. The molecule has 1 aromatic heterocycles. The topological polar surface area (TPSA) is 24.9 Å². The minimum atomic E-state index is 0.642. The van der Waals surface area contributed by atoms with E-state index in [1.807, 2.05) is 6.07 Å². The molecule has 2 aliphatic rings. The summed E-state index contributed by atoms with van der Waals surface area (Å²) in [5.41, 5.74) is 1.05. The van der Waals surface area contributed by atoms with Crippen LogP contribution in [0.5, 0.6) is 0 Å². The van der Waals surface area contributed by atoms with E-state index in [4.69, 9.17) is 11.6 Å². The van der Waals surface area contributed by atoms with Crippen LogP contribution in [0.2, 0.25) is 5.02 Å². The van der Waals surface area contributed by atoms with Crippen molar-refractivity contribution in [1.29, 1.82) is 0 Å². The van der Waals surface area contributed by atoms with Crippen LogP contribution in [-0.4, -0.2) is 11.0 Å². The molecule has 3 rings (SSSR count). The summed E-state index contributed by atoms with van der Waals surface area (Å²) in [6.45, 7) is 0. The van der Waals surface area contributed by atoms with E-state index in [1.54, 1.807) is 12.4 Å². The molecule has 2 bridgehead atoms. The second kappa shape index (κ2) is 3.67. The molecule has 2 fully saturated rings. The number of halogens is 1. The molecule has 0 aliphatic heterocycles. The van der Waals surface area contributed by atoms with E-state index in [2.05, 4.69) is 10.3 Å². The van der Waals surface area contributed by atoms with Gasteiger partial charge in [-0.1, -0.05) is 18.0 Å². The normalized spacial score (nSPS) is 33.3. The third kappa shape index (κ3) is 1.71. The highest BCUT2D eigenvalue weighted by Crippen LogP contribution is 2.45. The Morgan fingerprint density at radius 2 is 2.27 bits per heavy atom. The number of hydrogen-bond donors (Lipinski definition) is 1. The molecule has 2 saturated carbocycles. The molecule has 2 nitrogen and oxygen atoms in total. The minimum absolute atomic E-state index is 0.642. The van der Waals surface area contributed by atoms with Crippen LogP contribution in [0, 0.1) is 11.8 Å². The van der Waals surface area contributed by atoms with Crippen molar-refractivity contribution in [3.63, 3.8) is 0 Å². The molecular weight excluding hydrogens is 208 g/mol. The smallest absolute Gasteiger partial charge is 0.0820 e. The average molecular weight is 223 g/mol. The van der Waals surface area contributed by atoms with E-state index in [-0.39, 0.29) is 0 Å². The molecule has 15 heavy (non-hydrogen) atoms. The quantitative estimate of drug-likeness (QED) is 0.830. The number of nitrogens with one attached hydrogen (secondary N) is 1. The zero-order valence-corrected chi connectivity index (χ0v) is 9.37. The van der Waals surface area contributed by atoms with Crippen LogP contribution in [-0.2, 0) is 0 Å². The van der Waals surface area contributed by atoms with Crippen molar-refractivity contribution in [2.24, 2.45) is 11.8 Å². The second-order valence-corrected chi connectivity index (χ2v) is 5.19. The van der Waals surface area contributed by atoms with E-state index in [0.29, 0.717) is 6.04 Å². The number of rotatable bonds is 2. The standard InChI is InChI=1S/C12H15ClN2/c13-10-7-14-4-3-11(10)15-12-6-8-1-2-9(12)5-8/h3-4,7-9,12H,1-2,5-6H2,(H,14,15). The Hall–Kier alpha value is -0.760. The van der Waals surface area contributed by atoms with Gasteiger partial charge in [0.2, 0.25) is 0 Å². The molecule has 1 heterocycles. The summed E-state index contributed by atoms with van der Waals surface area (Å²) in [5.74, 6) is 1.84. The lowest BCUT2D eigenvalue weighted by atomic mass is 9.95. The van der Waals surface area contributed by atoms with Crippen molar-refractivity contribution >= 4 is 17.3 Å². The molecule has 0 radical (unpaired) electrons. The summed E-state index contributed by atoms with van der Waals surface area (Å²) >= 11 is 6.08. The molecule has 3 heteroatoms. The molecule has 1 N–H and O–H groups in total. The summed E-state index contributed by atoms with van der Waals surface area (Å²) in [4.78, 5) is 4.00. The Morgan fingerprint density at radius 3 is 2.93 bits per heavy atom. The number of fused-ring (bicyclic) bond motifs is 2. The first-order valence-corrected chi connectivity index (χ1v) is 6.07. The molecule has 1 aromatic rings. The monoisotopic (exact) mass is 222 g/mol. The average Bonchev–Trinajstić information content (AvgIpc) is 2.83. The Morgan fingerprint density at radius 1 is 1.33 bits per heavy atom. The zero-order valence-electron chi connectivity index (χ0n) is 8.62. The maximum atomic E-state index is 6.08. The van der Waals surface area contributed by atoms with Crippen LogP contribution >= 0.6 is 11.6 Å². The molecule has 3 atom stereocenters. The van der Waals surface area contributed by atoms with Gasteiger partial charge in [-0.2, -0.15) is 0 Å². The molecule has 80 valence electrons. The van der Waals surface area contributed by atoms with E-state index in [0.717, 1.165) is 22.5 Å². The lowest BCUT2D eigenvalue weighted by Crippen LogP contribution is -2.25. The summed E-state index contributed by atoms with van der Waals surface area (Å²) in [5, 5.41) is 4.30. The van der Waals surface area contributed by atoms with Crippen molar-refractivity contribution in [3.05, 3.63) is 23.5 Å². The molecular formula is C12H15ClN2. The Balaban J connectivity index is 1.73. The van der Waals surface area contributed by atoms with Crippen molar-refractivity contribution in [2.45, 2.75) is 31.7 Å². The van der Waals surface area contributed by atoms with Crippen molar-refractivity contribution in [3.8, 4) is 0 Å². The van der Waals surface area contributed by atoms with Crippen LogP contribution < -0.4 is 5.32 Å².